The van der Waals surface area contributed by atoms with E-state index in [1.165, 1.54) is 24.3 Å². The number of alkyl halides is 3. The summed E-state index contributed by atoms with van der Waals surface area (Å²) in [5, 5.41) is 8.64. The molecule has 0 aliphatic carbocycles. The van der Waals surface area contributed by atoms with Crippen molar-refractivity contribution in [2.75, 3.05) is 0 Å². The van der Waals surface area contributed by atoms with Gasteiger partial charge in [-0.15, -0.1) is 0 Å². The van der Waals surface area contributed by atoms with Crippen LogP contribution in [0.2, 0.25) is 0 Å². The molecule has 3 rings (SSSR count). The Morgan fingerprint density at radius 2 is 1.66 bits per heavy atom. The van der Waals surface area contributed by atoms with Crippen LogP contribution in [0.15, 0.2) is 53.4 Å². The molecule has 10 heteroatoms. The molecule has 0 amide bonds. The first-order chi connectivity index (χ1) is 13.5. The van der Waals surface area contributed by atoms with Gasteiger partial charge in [0.2, 0.25) is 15.9 Å². The van der Waals surface area contributed by atoms with E-state index in [-0.39, 0.29) is 23.1 Å². The highest BCUT2D eigenvalue weighted by Crippen LogP contribution is 2.32. The Balaban J connectivity index is 1.99. The number of primary sulfonamides is 1. The lowest BCUT2D eigenvalue weighted by Gasteiger charge is -2.13. The van der Waals surface area contributed by atoms with Crippen molar-refractivity contribution >= 4 is 10.0 Å². The summed E-state index contributed by atoms with van der Waals surface area (Å²) in [6, 6.07) is 11.4. The number of halogens is 3. The van der Waals surface area contributed by atoms with E-state index < -0.39 is 21.9 Å². The number of hydrogen-bond donors (Lipinski definition) is 1. The molecule has 6 nitrogen and oxygen atoms in total. The summed E-state index contributed by atoms with van der Waals surface area (Å²) in [5.74, 6) is -0.122. The average molecular weight is 425 g/mol. The summed E-state index contributed by atoms with van der Waals surface area (Å²) < 4.78 is 69.0. The number of benzene rings is 2. The second kappa shape index (κ2) is 7.53. The zero-order chi connectivity index (χ0) is 21.4. The summed E-state index contributed by atoms with van der Waals surface area (Å²) in [7, 11) is -3.93. The third-order valence-electron chi connectivity index (χ3n) is 4.39. The summed E-state index contributed by atoms with van der Waals surface area (Å²) in [6.07, 6.45) is -4.66. The number of nitrogens with zero attached hydrogens (tertiary/aromatic N) is 2. The van der Waals surface area contributed by atoms with Crippen LogP contribution in [0.5, 0.6) is 5.88 Å². The van der Waals surface area contributed by atoms with Crippen molar-refractivity contribution in [1.82, 2.24) is 9.78 Å². The number of rotatable bonds is 5. The Bertz CT molecular complexity index is 1120. The van der Waals surface area contributed by atoms with Gasteiger partial charge in [0.25, 0.3) is 0 Å². The molecule has 0 atom stereocenters. The van der Waals surface area contributed by atoms with Crippen LogP contribution in [-0.4, -0.2) is 18.2 Å². The van der Waals surface area contributed by atoms with Crippen LogP contribution < -0.4 is 9.88 Å². The van der Waals surface area contributed by atoms with Gasteiger partial charge in [-0.25, -0.2) is 18.2 Å². The molecule has 2 aromatic carbocycles. The van der Waals surface area contributed by atoms with Crippen LogP contribution in [0.25, 0.3) is 5.69 Å². The van der Waals surface area contributed by atoms with Crippen LogP contribution >= 0.6 is 0 Å². The molecule has 2 N–H and O–H groups in total. The highest BCUT2D eigenvalue weighted by molar-refractivity contribution is 7.89. The molecule has 1 heterocycles. The molecule has 0 unspecified atom stereocenters. The first kappa shape index (κ1) is 20.9. The lowest BCUT2D eigenvalue weighted by molar-refractivity contribution is -0.141. The van der Waals surface area contributed by atoms with Crippen molar-refractivity contribution < 1.29 is 26.3 Å². The van der Waals surface area contributed by atoms with Crippen molar-refractivity contribution in [3.8, 4) is 11.6 Å². The number of ether oxygens (including phenoxy) is 1. The molecule has 0 radical (unpaired) electrons. The Labute approximate surface area is 165 Å². The number of aryl methyl sites for hydroxylation is 2. The fourth-order valence-electron chi connectivity index (χ4n) is 2.79. The molecule has 0 fully saturated rings. The minimum absolute atomic E-state index is 0.0523. The molecule has 3 aromatic rings. The SMILES string of the molecule is Cc1cccc(C)c1COc1cc(C(F)(F)F)nn1-c1ccc(S(N)(=O)=O)cc1. The molecule has 0 spiro atoms. The van der Waals surface area contributed by atoms with Crippen molar-refractivity contribution in [1.29, 1.82) is 0 Å². The van der Waals surface area contributed by atoms with Gasteiger partial charge >= 0.3 is 6.18 Å². The van der Waals surface area contributed by atoms with Crippen LogP contribution in [-0.2, 0) is 22.8 Å². The van der Waals surface area contributed by atoms with E-state index in [4.69, 9.17) is 9.88 Å². The number of sulfonamides is 1. The van der Waals surface area contributed by atoms with E-state index in [2.05, 4.69) is 5.10 Å². The van der Waals surface area contributed by atoms with Crippen LogP contribution in [0.4, 0.5) is 13.2 Å². The predicted molar refractivity (Wildman–Crippen MR) is 100 cm³/mol. The lowest BCUT2D eigenvalue weighted by Crippen LogP contribution is -2.12. The van der Waals surface area contributed by atoms with Crippen molar-refractivity contribution in [2.45, 2.75) is 31.5 Å². The van der Waals surface area contributed by atoms with Crippen LogP contribution in [0.1, 0.15) is 22.4 Å². The molecular formula is C19H18F3N3O3S. The van der Waals surface area contributed by atoms with Gasteiger partial charge in [-0.3, -0.25) is 0 Å². The minimum Gasteiger partial charge on any atom is -0.473 e. The Morgan fingerprint density at radius 3 is 2.17 bits per heavy atom. The largest absolute Gasteiger partial charge is 0.473 e. The normalized spacial score (nSPS) is 12.2. The van der Waals surface area contributed by atoms with Crippen LogP contribution in [0, 0.1) is 13.8 Å². The smallest absolute Gasteiger partial charge is 0.435 e. The second-order valence-electron chi connectivity index (χ2n) is 6.48. The van der Waals surface area contributed by atoms with Gasteiger partial charge in [-0.05, 0) is 54.8 Å². The first-order valence-electron chi connectivity index (χ1n) is 8.45. The van der Waals surface area contributed by atoms with E-state index in [9.17, 15) is 21.6 Å². The summed E-state index contributed by atoms with van der Waals surface area (Å²) >= 11 is 0. The van der Waals surface area contributed by atoms with E-state index in [1.807, 2.05) is 32.0 Å². The molecular weight excluding hydrogens is 407 g/mol. The second-order valence-corrected chi connectivity index (χ2v) is 8.04. The maximum Gasteiger partial charge on any atom is 0.435 e. The zero-order valence-corrected chi connectivity index (χ0v) is 16.4. The van der Waals surface area contributed by atoms with Gasteiger partial charge in [0.05, 0.1) is 10.6 Å². The lowest BCUT2D eigenvalue weighted by atomic mass is 10.0. The fraction of sp³-hybridized carbons (Fsp3) is 0.211. The average Bonchev–Trinajstić information content (AvgIpc) is 3.05. The maximum absolute atomic E-state index is 13.2. The van der Waals surface area contributed by atoms with Gasteiger partial charge in [0, 0.05) is 6.07 Å². The van der Waals surface area contributed by atoms with Crippen molar-refractivity contribution in [3.05, 3.63) is 70.9 Å². The third-order valence-corrected chi connectivity index (χ3v) is 5.32. The predicted octanol–water partition coefficient (Wildman–Crippen LogP) is 3.73. The molecule has 1 aromatic heterocycles. The topological polar surface area (TPSA) is 87.2 Å². The number of hydrogen-bond acceptors (Lipinski definition) is 4. The highest BCUT2D eigenvalue weighted by atomic mass is 32.2. The standard InChI is InChI=1S/C19H18F3N3O3S/c1-12-4-3-5-13(2)16(12)11-28-18-10-17(19(20,21)22)24-25(18)14-6-8-15(9-7-14)29(23,26)27/h3-10H,11H2,1-2H3,(H2,23,26,27). The van der Waals surface area contributed by atoms with E-state index in [0.29, 0.717) is 0 Å². The summed E-state index contributed by atoms with van der Waals surface area (Å²) in [4.78, 5) is -0.164. The van der Waals surface area contributed by atoms with Gasteiger partial charge in [-0.1, -0.05) is 18.2 Å². The Kier molecular flexibility index (Phi) is 5.42. The number of aromatic nitrogens is 2. The number of nitrogens with two attached hydrogens (primary N) is 1. The zero-order valence-electron chi connectivity index (χ0n) is 15.6. The highest BCUT2D eigenvalue weighted by Gasteiger charge is 2.35. The van der Waals surface area contributed by atoms with E-state index in [0.717, 1.165) is 27.4 Å². The van der Waals surface area contributed by atoms with E-state index in [1.54, 1.807) is 0 Å². The molecule has 0 aliphatic rings. The molecule has 0 saturated carbocycles. The molecule has 0 aliphatic heterocycles. The first-order valence-corrected chi connectivity index (χ1v) is 10.00. The quantitative estimate of drug-likeness (QED) is 0.675. The minimum atomic E-state index is -4.66. The van der Waals surface area contributed by atoms with Crippen LogP contribution in [0.3, 0.4) is 0 Å². The van der Waals surface area contributed by atoms with Crippen molar-refractivity contribution in [3.63, 3.8) is 0 Å². The van der Waals surface area contributed by atoms with Gasteiger partial charge in [-0.2, -0.15) is 18.3 Å². The van der Waals surface area contributed by atoms with Gasteiger partial charge < -0.3 is 4.74 Å². The third kappa shape index (κ3) is 4.60. The van der Waals surface area contributed by atoms with Gasteiger partial charge in [0.15, 0.2) is 5.69 Å². The molecule has 154 valence electrons. The van der Waals surface area contributed by atoms with Gasteiger partial charge in [0.1, 0.15) is 6.61 Å². The fourth-order valence-corrected chi connectivity index (χ4v) is 3.31. The molecule has 0 bridgehead atoms. The Hall–Kier alpha value is -2.85. The molecule has 29 heavy (non-hydrogen) atoms. The molecule has 0 saturated heterocycles. The van der Waals surface area contributed by atoms with E-state index >= 15 is 0 Å². The Morgan fingerprint density at radius 1 is 1.07 bits per heavy atom. The maximum atomic E-state index is 13.2. The summed E-state index contributed by atoms with van der Waals surface area (Å²) in [5.41, 5.74) is 1.83. The van der Waals surface area contributed by atoms with Crippen molar-refractivity contribution in [2.24, 2.45) is 5.14 Å². The monoisotopic (exact) mass is 425 g/mol. The summed E-state index contributed by atoms with van der Waals surface area (Å²) in [6.45, 7) is 3.82.